The van der Waals surface area contributed by atoms with Crippen molar-refractivity contribution in [2.24, 2.45) is 11.8 Å². The molecule has 2 amide bonds. The molecular formula is C21H22N2O4. The number of amides is 2. The van der Waals surface area contributed by atoms with Crippen molar-refractivity contribution >= 4 is 17.8 Å². The molecular weight excluding hydrogens is 344 g/mol. The lowest BCUT2D eigenvalue weighted by molar-refractivity contribution is -0.142. The van der Waals surface area contributed by atoms with Crippen LogP contribution in [0.25, 0.3) is 0 Å². The topological polar surface area (TPSA) is 86.7 Å². The first-order valence-electron chi connectivity index (χ1n) is 8.90. The molecule has 2 N–H and O–H groups in total. The standard InChI is InChI=1S/C21H22N2O4/c1-14-12-23(13-17(14)21(26)27)20(25)18(15-8-4-2-5-9-15)22-19(24)16-10-6-3-7-11-16/h2-11,14,17-18H,12-13H2,1H3,(H,22,24)(H,26,27)/t14-,17-,18?/m1/s1. The second-order valence-corrected chi connectivity index (χ2v) is 6.85. The number of aliphatic carboxylic acids is 1. The summed E-state index contributed by atoms with van der Waals surface area (Å²) in [5.74, 6) is -2.26. The largest absolute Gasteiger partial charge is 0.481 e. The van der Waals surface area contributed by atoms with Gasteiger partial charge in [0.05, 0.1) is 5.92 Å². The molecule has 1 unspecified atom stereocenters. The Labute approximate surface area is 157 Å². The van der Waals surface area contributed by atoms with Crippen molar-refractivity contribution in [3.63, 3.8) is 0 Å². The predicted octanol–water partition coefficient (Wildman–Crippen LogP) is 2.34. The Morgan fingerprint density at radius 1 is 1.00 bits per heavy atom. The van der Waals surface area contributed by atoms with Gasteiger partial charge in [-0.1, -0.05) is 55.5 Å². The van der Waals surface area contributed by atoms with Gasteiger partial charge in [-0.15, -0.1) is 0 Å². The molecule has 0 aromatic heterocycles. The number of hydrogen-bond acceptors (Lipinski definition) is 3. The van der Waals surface area contributed by atoms with Gasteiger partial charge in [0.1, 0.15) is 6.04 Å². The number of carboxylic acid groups (broad SMARTS) is 1. The number of carboxylic acids is 1. The number of benzene rings is 2. The van der Waals surface area contributed by atoms with Crippen molar-refractivity contribution in [3.05, 3.63) is 71.8 Å². The Morgan fingerprint density at radius 2 is 1.59 bits per heavy atom. The molecule has 0 radical (unpaired) electrons. The summed E-state index contributed by atoms with van der Waals surface area (Å²) < 4.78 is 0. The van der Waals surface area contributed by atoms with E-state index in [9.17, 15) is 19.5 Å². The molecule has 0 saturated carbocycles. The van der Waals surface area contributed by atoms with Crippen LogP contribution in [-0.4, -0.2) is 40.9 Å². The molecule has 2 aromatic rings. The van der Waals surface area contributed by atoms with Crippen molar-refractivity contribution in [1.29, 1.82) is 0 Å². The molecule has 6 nitrogen and oxygen atoms in total. The molecule has 1 aliphatic rings. The Balaban J connectivity index is 1.83. The van der Waals surface area contributed by atoms with Crippen molar-refractivity contribution in [3.8, 4) is 0 Å². The first kappa shape index (κ1) is 18.6. The SMILES string of the molecule is C[C@@H]1CN(C(=O)C(NC(=O)c2ccccc2)c2ccccc2)C[C@H]1C(=O)O. The van der Waals surface area contributed by atoms with E-state index in [1.807, 2.05) is 19.1 Å². The van der Waals surface area contributed by atoms with E-state index in [2.05, 4.69) is 5.32 Å². The van der Waals surface area contributed by atoms with Gasteiger partial charge in [-0.3, -0.25) is 14.4 Å². The van der Waals surface area contributed by atoms with E-state index in [0.29, 0.717) is 17.7 Å². The molecule has 27 heavy (non-hydrogen) atoms. The molecule has 3 atom stereocenters. The first-order valence-corrected chi connectivity index (χ1v) is 8.90. The fraction of sp³-hybridized carbons (Fsp3) is 0.286. The van der Waals surface area contributed by atoms with Crippen LogP contribution in [-0.2, 0) is 9.59 Å². The molecule has 0 aliphatic carbocycles. The Morgan fingerprint density at radius 3 is 2.15 bits per heavy atom. The number of likely N-dealkylation sites (tertiary alicyclic amines) is 1. The van der Waals surface area contributed by atoms with Gasteiger partial charge in [0.2, 0.25) is 5.91 Å². The normalized spacial score (nSPS) is 20.1. The number of carbonyl (C=O) groups excluding carboxylic acids is 2. The van der Waals surface area contributed by atoms with E-state index in [1.165, 1.54) is 4.90 Å². The fourth-order valence-electron chi connectivity index (χ4n) is 3.39. The average Bonchev–Trinajstić information content (AvgIpc) is 3.09. The Kier molecular flexibility index (Phi) is 5.54. The summed E-state index contributed by atoms with van der Waals surface area (Å²) in [4.78, 5) is 38.7. The van der Waals surface area contributed by atoms with Crippen molar-refractivity contribution < 1.29 is 19.5 Å². The molecule has 6 heteroatoms. The van der Waals surface area contributed by atoms with Crippen LogP contribution in [0.2, 0.25) is 0 Å². The predicted molar refractivity (Wildman–Crippen MR) is 100.0 cm³/mol. The lowest BCUT2D eigenvalue weighted by atomic mass is 9.99. The van der Waals surface area contributed by atoms with Crippen molar-refractivity contribution in [1.82, 2.24) is 10.2 Å². The highest BCUT2D eigenvalue weighted by molar-refractivity contribution is 5.98. The van der Waals surface area contributed by atoms with Crippen LogP contribution in [0, 0.1) is 11.8 Å². The van der Waals surface area contributed by atoms with E-state index < -0.39 is 17.9 Å². The molecule has 3 rings (SSSR count). The van der Waals surface area contributed by atoms with E-state index in [-0.39, 0.29) is 24.3 Å². The van der Waals surface area contributed by atoms with Crippen LogP contribution >= 0.6 is 0 Å². The summed E-state index contributed by atoms with van der Waals surface area (Å²) >= 11 is 0. The molecule has 140 valence electrons. The fourth-order valence-corrected chi connectivity index (χ4v) is 3.39. The molecule has 2 aromatic carbocycles. The summed E-state index contributed by atoms with van der Waals surface area (Å²) in [6.07, 6.45) is 0. The van der Waals surface area contributed by atoms with E-state index in [4.69, 9.17) is 0 Å². The van der Waals surface area contributed by atoms with Gasteiger partial charge < -0.3 is 15.3 Å². The monoisotopic (exact) mass is 366 g/mol. The maximum Gasteiger partial charge on any atom is 0.308 e. The average molecular weight is 366 g/mol. The Hall–Kier alpha value is -3.15. The van der Waals surface area contributed by atoms with Gasteiger partial charge in [0.15, 0.2) is 0 Å². The minimum absolute atomic E-state index is 0.132. The zero-order valence-electron chi connectivity index (χ0n) is 15.0. The summed E-state index contributed by atoms with van der Waals surface area (Å²) in [6, 6.07) is 16.8. The number of nitrogens with one attached hydrogen (secondary N) is 1. The van der Waals surface area contributed by atoms with Crippen molar-refractivity contribution in [2.45, 2.75) is 13.0 Å². The number of nitrogens with zero attached hydrogens (tertiary/aromatic N) is 1. The molecule has 1 fully saturated rings. The molecule has 1 aliphatic heterocycles. The lowest BCUT2D eigenvalue weighted by Crippen LogP contribution is -2.42. The zero-order chi connectivity index (χ0) is 19.4. The minimum atomic E-state index is -0.901. The van der Waals surface area contributed by atoms with E-state index in [0.717, 1.165) is 0 Å². The Bertz CT molecular complexity index is 823. The van der Waals surface area contributed by atoms with Crippen LogP contribution in [0.1, 0.15) is 28.9 Å². The van der Waals surface area contributed by atoms with Crippen LogP contribution in [0.3, 0.4) is 0 Å². The number of carbonyl (C=O) groups is 3. The van der Waals surface area contributed by atoms with E-state index >= 15 is 0 Å². The highest BCUT2D eigenvalue weighted by Crippen LogP contribution is 2.26. The summed E-state index contributed by atoms with van der Waals surface area (Å²) in [7, 11) is 0. The maximum atomic E-state index is 13.1. The van der Waals surface area contributed by atoms with Gasteiger partial charge in [0, 0.05) is 18.7 Å². The second kappa shape index (κ2) is 8.03. The van der Waals surface area contributed by atoms with Crippen LogP contribution < -0.4 is 5.32 Å². The molecule has 1 heterocycles. The van der Waals surface area contributed by atoms with Gasteiger partial charge in [-0.2, -0.15) is 0 Å². The van der Waals surface area contributed by atoms with Crippen LogP contribution in [0.5, 0.6) is 0 Å². The zero-order valence-corrected chi connectivity index (χ0v) is 15.0. The third-order valence-electron chi connectivity index (χ3n) is 4.93. The number of rotatable bonds is 5. The third-order valence-corrected chi connectivity index (χ3v) is 4.93. The highest BCUT2D eigenvalue weighted by atomic mass is 16.4. The number of hydrogen-bond donors (Lipinski definition) is 2. The lowest BCUT2D eigenvalue weighted by Gasteiger charge is -2.25. The van der Waals surface area contributed by atoms with Crippen LogP contribution in [0.4, 0.5) is 0 Å². The summed E-state index contributed by atoms with van der Waals surface area (Å²) in [5.41, 5.74) is 1.13. The molecule has 0 spiro atoms. The first-order chi connectivity index (χ1) is 13.0. The summed E-state index contributed by atoms with van der Waals surface area (Å²) in [5, 5.41) is 12.1. The maximum absolute atomic E-state index is 13.1. The van der Waals surface area contributed by atoms with Crippen LogP contribution in [0.15, 0.2) is 60.7 Å². The van der Waals surface area contributed by atoms with E-state index in [1.54, 1.807) is 48.5 Å². The van der Waals surface area contributed by atoms with Gasteiger partial charge >= 0.3 is 5.97 Å². The minimum Gasteiger partial charge on any atom is -0.481 e. The highest BCUT2D eigenvalue weighted by Gasteiger charge is 2.39. The second-order valence-electron chi connectivity index (χ2n) is 6.85. The van der Waals surface area contributed by atoms with Gasteiger partial charge in [0.25, 0.3) is 5.91 Å². The smallest absolute Gasteiger partial charge is 0.308 e. The quantitative estimate of drug-likeness (QED) is 0.850. The van der Waals surface area contributed by atoms with Gasteiger partial charge in [-0.25, -0.2) is 0 Å². The van der Waals surface area contributed by atoms with Crippen molar-refractivity contribution in [2.75, 3.05) is 13.1 Å². The molecule has 0 bridgehead atoms. The van der Waals surface area contributed by atoms with Gasteiger partial charge in [-0.05, 0) is 23.6 Å². The molecule has 1 saturated heterocycles. The third kappa shape index (κ3) is 4.16. The summed E-state index contributed by atoms with van der Waals surface area (Å²) in [6.45, 7) is 2.34.